The summed E-state index contributed by atoms with van der Waals surface area (Å²) in [7, 11) is 0. The smallest absolute Gasteiger partial charge is 0.227 e. The van der Waals surface area contributed by atoms with Gasteiger partial charge in [-0.25, -0.2) is 0 Å². The van der Waals surface area contributed by atoms with Crippen molar-refractivity contribution in [1.82, 2.24) is 15.6 Å². The molecular formula is C13H21Cl2N3O. The second-order valence-electron chi connectivity index (χ2n) is 4.94. The van der Waals surface area contributed by atoms with E-state index in [4.69, 9.17) is 0 Å². The van der Waals surface area contributed by atoms with Crippen molar-refractivity contribution in [3.8, 4) is 0 Å². The van der Waals surface area contributed by atoms with Gasteiger partial charge in [-0.15, -0.1) is 24.8 Å². The largest absolute Gasteiger partial charge is 0.347 e. The molecule has 2 heterocycles. The molecule has 1 aromatic heterocycles. The maximum absolute atomic E-state index is 12.2. The SMILES string of the molecule is CC(NC(=O)C1(C)CCNC1)c1ccccn1.Cl.Cl. The molecule has 0 bridgehead atoms. The van der Waals surface area contributed by atoms with Gasteiger partial charge in [0.05, 0.1) is 17.2 Å². The molecular weight excluding hydrogens is 285 g/mol. The molecule has 108 valence electrons. The molecule has 1 aliphatic heterocycles. The Morgan fingerprint density at radius 2 is 2.21 bits per heavy atom. The van der Waals surface area contributed by atoms with E-state index in [1.54, 1.807) is 6.20 Å². The van der Waals surface area contributed by atoms with E-state index in [2.05, 4.69) is 15.6 Å². The highest BCUT2D eigenvalue weighted by atomic mass is 35.5. The van der Waals surface area contributed by atoms with Crippen LogP contribution in [0.4, 0.5) is 0 Å². The van der Waals surface area contributed by atoms with E-state index in [0.29, 0.717) is 0 Å². The van der Waals surface area contributed by atoms with Gasteiger partial charge in [-0.3, -0.25) is 9.78 Å². The number of aromatic nitrogens is 1. The maximum atomic E-state index is 12.2. The molecule has 19 heavy (non-hydrogen) atoms. The van der Waals surface area contributed by atoms with Crippen LogP contribution >= 0.6 is 24.8 Å². The molecule has 6 heteroatoms. The van der Waals surface area contributed by atoms with E-state index < -0.39 is 0 Å². The van der Waals surface area contributed by atoms with Crippen LogP contribution in [0.2, 0.25) is 0 Å². The second-order valence-corrected chi connectivity index (χ2v) is 4.94. The van der Waals surface area contributed by atoms with Gasteiger partial charge in [0.25, 0.3) is 0 Å². The van der Waals surface area contributed by atoms with Crippen molar-refractivity contribution in [2.75, 3.05) is 13.1 Å². The first kappa shape index (κ1) is 18.2. The minimum Gasteiger partial charge on any atom is -0.347 e. The van der Waals surface area contributed by atoms with Crippen LogP contribution in [0, 0.1) is 5.41 Å². The number of hydrogen-bond acceptors (Lipinski definition) is 3. The number of rotatable bonds is 3. The third kappa shape index (κ3) is 4.34. The predicted octanol–water partition coefficient (Wildman–Crippen LogP) is 2.10. The molecule has 0 aromatic carbocycles. The number of carbonyl (C=O) groups excluding carboxylic acids is 1. The summed E-state index contributed by atoms with van der Waals surface area (Å²) in [6.07, 6.45) is 2.64. The average Bonchev–Trinajstić information content (AvgIpc) is 2.78. The summed E-state index contributed by atoms with van der Waals surface area (Å²) in [5, 5.41) is 6.27. The van der Waals surface area contributed by atoms with Crippen LogP contribution in [-0.2, 0) is 4.79 Å². The van der Waals surface area contributed by atoms with Crippen molar-refractivity contribution in [3.05, 3.63) is 30.1 Å². The van der Waals surface area contributed by atoms with Gasteiger partial charge in [0.2, 0.25) is 5.91 Å². The topological polar surface area (TPSA) is 54.0 Å². The molecule has 0 radical (unpaired) electrons. The standard InChI is InChI=1S/C13H19N3O.2ClH/c1-10(11-5-3-4-7-15-11)16-12(17)13(2)6-8-14-9-13;;/h3-5,7,10,14H,6,8-9H2,1-2H3,(H,16,17);2*1H. The number of halogens is 2. The quantitative estimate of drug-likeness (QED) is 0.899. The van der Waals surface area contributed by atoms with E-state index in [-0.39, 0.29) is 42.2 Å². The van der Waals surface area contributed by atoms with Gasteiger partial charge in [0.15, 0.2) is 0 Å². The van der Waals surface area contributed by atoms with Gasteiger partial charge in [-0.2, -0.15) is 0 Å². The molecule has 1 aliphatic rings. The summed E-state index contributed by atoms with van der Waals surface area (Å²) in [5.41, 5.74) is 0.624. The summed E-state index contributed by atoms with van der Waals surface area (Å²) < 4.78 is 0. The van der Waals surface area contributed by atoms with Crippen LogP contribution < -0.4 is 10.6 Å². The van der Waals surface area contributed by atoms with Crippen molar-refractivity contribution < 1.29 is 4.79 Å². The molecule has 2 rings (SSSR count). The van der Waals surface area contributed by atoms with Crippen molar-refractivity contribution in [2.45, 2.75) is 26.3 Å². The summed E-state index contributed by atoms with van der Waals surface area (Å²) in [6, 6.07) is 5.70. The van der Waals surface area contributed by atoms with Crippen molar-refractivity contribution in [3.63, 3.8) is 0 Å². The van der Waals surface area contributed by atoms with E-state index in [9.17, 15) is 4.79 Å². The molecule has 1 aromatic rings. The fourth-order valence-corrected chi connectivity index (χ4v) is 2.09. The number of nitrogens with one attached hydrogen (secondary N) is 2. The summed E-state index contributed by atoms with van der Waals surface area (Å²) >= 11 is 0. The highest BCUT2D eigenvalue weighted by molar-refractivity contribution is 5.85. The lowest BCUT2D eigenvalue weighted by Gasteiger charge is -2.24. The van der Waals surface area contributed by atoms with Crippen molar-refractivity contribution in [1.29, 1.82) is 0 Å². The summed E-state index contributed by atoms with van der Waals surface area (Å²) in [5.74, 6) is 0.112. The van der Waals surface area contributed by atoms with Gasteiger partial charge in [0.1, 0.15) is 0 Å². The van der Waals surface area contributed by atoms with E-state index >= 15 is 0 Å². The number of nitrogens with zero attached hydrogens (tertiary/aromatic N) is 1. The zero-order valence-electron chi connectivity index (χ0n) is 11.2. The van der Waals surface area contributed by atoms with Gasteiger partial charge in [-0.1, -0.05) is 6.07 Å². The highest BCUT2D eigenvalue weighted by Gasteiger charge is 2.36. The fourth-order valence-electron chi connectivity index (χ4n) is 2.09. The van der Waals surface area contributed by atoms with E-state index in [0.717, 1.165) is 25.2 Å². The van der Waals surface area contributed by atoms with Crippen LogP contribution in [0.5, 0.6) is 0 Å². The lowest BCUT2D eigenvalue weighted by molar-refractivity contribution is -0.129. The van der Waals surface area contributed by atoms with Crippen LogP contribution in [0.15, 0.2) is 24.4 Å². The third-order valence-electron chi connectivity index (χ3n) is 3.40. The Morgan fingerprint density at radius 3 is 2.74 bits per heavy atom. The second kappa shape index (κ2) is 7.68. The Bertz CT molecular complexity index is 394. The molecule has 0 spiro atoms. The van der Waals surface area contributed by atoms with Crippen LogP contribution in [0.3, 0.4) is 0 Å². The summed E-state index contributed by atoms with van der Waals surface area (Å²) in [6.45, 7) is 5.65. The van der Waals surface area contributed by atoms with Crippen molar-refractivity contribution in [2.24, 2.45) is 5.41 Å². The van der Waals surface area contributed by atoms with Crippen LogP contribution in [0.1, 0.15) is 32.0 Å². The zero-order chi connectivity index (χ0) is 12.3. The van der Waals surface area contributed by atoms with Crippen LogP contribution in [-0.4, -0.2) is 24.0 Å². The normalized spacial score (nSPS) is 22.8. The molecule has 1 fully saturated rings. The molecule has 2 unspecified atom stereocenters. The van der Waals surface area contributed by atoms with Gasteiger partial charge < -0.3 is 10.6 Å². The number of hydrogen-bond donors (Lipinski definition) is 2. The molecule has 2 atom stereocenters. The van der Waals surface area contributed by atoms with Gasteiger partial charge in [0, 0.05) is 12.7 Å². The van der Waals surface area contributed by atoms with Gasteiger partial charge >= 0.3 is 0 Å². The lowest BCUT2D eigenvalue weighted by Crippen LogP contribution is -2.41. The Hall–Kier alpha value is -0.840. The first-order valence-corrected chi connectivity index (χ1v) is 6.04. The maximum Gasteiger partial charge on any atom is 0.227 e. The number of amides is 1. The fraction of sp³-hybridized carbons (Fsp3) is 0.538. The average molecular weight is 306 g/mol. The molecule has 0 saturated carbocycles. The molecule has 0 aliphatic carbocycles. The predicted molar refractivity (Wildman–Crippen MR) is 80.9 cm³/mol. The molecule has 4 nitrogen and oxygen atoms in total. The number of pyridine rings is 1. The third-order valence-corrected chi connectivity index (χ3v) is 3.40. The Morgan fingerprint density at radius 1 is 1.47 bits per heavy atom. The first-order chi connectivity index (χ1) is 8.12. The minimum atomic E-state index is -0.275. The molecule has 1 amide bonds. The minimum absolute atomic E-state index is 0. The first-order valence-electron chi connectivity index (χ1n) is 6.04. The van der Waals surface area contributed by atoms with Gasteiger partial charge in [-0.05, 0) is 38.9 Å². The molecule has 2 N–H and O–H groups in total. The monoisotopic (exact) mass is 305 g/mol. The Balaban J connectivity index is 0.00000162. The van der Waals surface area contributed by atoms with Crippen LogP contribution in [0.25, 0.3) is 0 Å². The number of carbonyl (C=O) groups is 1. The Kier molecular flexibility index (Phi) is 7.34. The molecule has 1 saturated heterocycles. The van der Waals surface area contributed by atoms with Crippen molar-refractivity contribution >= 4 is 30.7 Å². The highest BCUT2D eigenvalue weighted by Crippen LogP contribution is 2.25. The lowest BCUT2D eigenvalue weighted by atomic mass is 9.88. The van der Waals surface area contributed by atoms with E-state index in [1.807, 2.05) is 32.0 Å². The summed E-state index contributed by atoms with van der Waals surface area (Å²) in [4.78, 5) is 16.4. The Labute approximate surface area is 126 Å². The zero-order valence-corrected chi connectivity index (χ0v) is 12.8. The van der Waals surface area contributed by atoms with E-state index in [1.165, 1.54) is 0 Å².